The molecule has 0 saturated heterocycles. The van der Waals surface area contributed by atoms with E-state index in [-0.39, 0.29) is 19.0 Å². The first kappa shape index (κ1) is 17.4. The summed E-state index contributed by atoms with van der Waals surface area (Å²) in [6.45, 7) is 2.02. The standard InChI is InChI=1S/C16H18F2N2O2S/c1-10(13-3-2-12(17)6-14(13)18)7-19-16(22)20-8-15(21)11-4-5-23-9-11/h2-6,9-10,15,21H,7-8H2,1H3,(H2,19,20,22)/t10-,15-/m1/s1. The number of hydrogen-bond donors (Lipinski definition) is 3. The third kappa shape index (κ3) is 5.01. The maximum absolute atomic E-state index is 13.6. The van der Waals surface area contributed by atoms with Crippen molar-refractivity contribution in [2.75, 3.05) is 13.1 Å². The number of aliphatic hydroxyl groups is 1. The SMILES string of the molecule is C[C@H](CNC(=O)NC[C@@H](O)c1ccsc1)c1ccc(F)cc1F. The maximum Gasteiger partial charge on any atom is 0.314 e. The van der Waals surface area contributed by atoms with E-state index in [1.807, 2.05) is 10.8 Å². The van der Waals surface area contributed by atoms with Gasteiger partial charge in [0.25, 0.3) is 0 Å². The minimum absolute atomic E-state index is 0.0852. The summed E-state index contributed by atoms with van der Waals surface area (Å²) >= 11 is 1.47. The largest absolute Gasteiger partial charge is 0.387 e. The minimum Gasteiger partial charge on any atom is -0.387 e. The molecule has 1 aromatic carbocycles. The van der Waals surface area contributed by atoms with Crippen molar-refractivity contribution in [3.05, 3.63) is 57.8 Å². The molecule has 0 unspecified atom stereocenters. The van der Waals surface area contributed by atoms with Gasteiger partial charge in [0.1, 0.15) is 11.6 Å². The number of urea groups is 1. The molecular weight excluding hydrogens is 322 g/mol. The first-order valence-corrected chi connectivity index (χ1v) is 8.08. The molecule has 3 N–H and O–H groups in total. The van der Waals surface area contributed by atoms with Gasteiger partial charge in [-0.05, 0) is 34.0 Å². The van der Waals surface area contributed by atoms with E-state index in [9.17, 15) is 18.7 Å². The number of carbonyl (C=O) groups excluding carboxylic acids is 1. The summed E-state index contributed by atoms with van der Waals surface area (Å²) in [4.78, 5) is 11.7. The number of nitrogens with one attached hydrogen (secondary N) is 2. The molecule has 0 aliphatic heterocycles. The van der Waals surface area contributed by atoms with Gasteiger partial charge in [-0.2, -0.15) is 11.3 Å². The van der Waals surface area contributed by atoms with Crippen LogP contribution in [0, 0.1) is 11.6 Å². The summed E-state index contributed by atoms with van der Waals surface area (Å²) in [6, 6.07) is 4.72. The number of amides is 2. The Labute approximate surface area is 137 Å². The average molecular weight is 340 g/mol. The second-order valence-corrected chi connectivity index (χ2v) is 6.01. The van der Waals surface area contributed by atoms with E-state index in [2.05, 4.69) is 10.6 Å². The van der Waals surface area contributed by atoms with E-state index in [4.69, 9.17) is 0 Å². The Balaban J connectivity index is 1.77. The molecule has 0 radical (unpaired) electrons. The molecule has 0 spiro atoms. The van der Waals surface area contributed by atoms with Crippen LogP contribution in [0.2, 0.25) is 0 Å². The van der Waals surface area contributed by atoms with Crippen molar-refractivity contribution in [2.24, 2.45) is 0 Å². The Morgan fingerprint density at radius 1 is 1.26 bits per heavy atom. The topological polar surface area (TPSA) is 61.4 Å². The highest BCUT2D eigenvalue weighted by Gasteiger charge is 2.14. The van der Waals surface area contributed by atoms with Gasteiger partial charge in [0.15, 0.2) is 0 Å². The zero-order valence-corrected chi connectivity index (χ0v) is 13.4. The molecule has 0 aliphatic carbocycles. The van der Waals surface area contributed by atoms with Gasteiger partial charge >= 0.3 is 6.03 Å². The quantitative estimate of drug-likeness (QED) is 0.756. The van der Waals surface area contributed by atoms with E-state index >= 15 is 0 Å². The fourth-order valence-electron chi connectivity index (χ4n) is 2.09. The molecule has 2 aromatic rings. The number of halogens is 2. The number of aliphatic hydroxyl groups excluding tert-OH is 1. The molecule has 0 aliphatic rings. The van der Waals surface area contributed by atoms with Crippen LogP contribution < -0.4 is 10.6 Å². The number of rotatable bonds is 6. The molecule has 0 saturated carbocycles. The summed E-state index contributed by atoms with van der Waals surface area (Å²) in [5.41, 5.74) is 1.09. The summed E-state index contributed by atoms with van der Waals surface area (Å²) in [7, 11) is 0. The molecule has 4 nitrogen and oxygen atoms in total. The van der Waals surface area contributed by atoms with Crippen LogP contribution in [-0.2, 0) is 0 Å². The molecule has 124 valence electrons. The van der Waals surface area contributed by atoms with Gasteiger partial charge in [-0.1, -0.05) is 13.0 Å². The molecule has 23 heavy (non-hydrogen) atoms. The lowest BCUT2D eigenvalue weighted by atomic mass is 10.0. The molecule has 0 fully saturated rings. The highest BCUT2D eigenvalue weighted by atomic mass is 32.1. The minimum atomic E-state index is -0.765. The van der Waals surface area contributed by atoms with Crippen molar-refractivity contribution < 1.29 is 18.7 Å². The van der Waals surface area contributed by atoms with Gasteiger partial charge in [-0.3, -0.25) is 0 Å². The lowest BCUT2D eigenvalue weighted by Crippen LogP contribution is -2.39. The Kier molecular flexibility index (Phi) is 6.06. The molecule has 2 atom stereocenters. The maximum atomic E-state index is 13.6. The smallest absolute Gasteiger partial charge is 0.314 e. The zero-order chi connectivity index (χ0) is 16.8. The molecular formula is C16H18F2N2O2S. The van der Waals surface area contributed by atoms with Gasteiger partial charge in [-0.25, -0.2) is 13.6 Å². The summed E-state index contributed by atoms with van der Waals surface area (Å²) in [5, 5.41) is 18.7. The monoisotopic (exact) mass is 340 g/mol. The number of thiophene rings is 1. The lowest BCUT2D eigenvalue weighted by Gasteiger charge is -2.15. The Bertz CT molecular complexity index is 650. The Morgan fingerprint density at radius 3 is 2.65 bits per heavy atom. The highest BCUT2D eigenvalue weighted by molar-refractivity contribution is 7.07. The van der Waals surface area contributed by atoms with Gasteiger partial charge in [-0.15, -0.1) is 0 Å². The van der Waals surface area contributed by atoms with Crippen molar-refractivity contribution >= 4 is 17.4 Å². The third-order valence-corrected chi connectivity index (χ3v) is 4.15. The van der Waals surface area contributed by atoms with Crippen LogP contribution in [0.1, 0.15) is 30.1 Å². The fraction of sp³-hybridized carbons (Fsp3) is 0.312. The van der Waals surface area contributed by atoms with Crippen LogP contribution in [0.5, 0.6) is 0 Å². The summed E-state index contributed by atoms with van der Waals surface area (Å²) in [5.74, 6) is -1.57. The third-order valence-electron chi connectivity index (χ3n) is 3.45. The van der Waals surface area contributed by atoms with E-state index in [0.29, 0.717) is 5.56 Å². The van der Waals surface area contributed by atoms with E-state index in [0.717, 1.165) is 11.6 Å². The predicted molar refractivity (Wildman–Crippen MR) is 85.5 cm³/mol. The fourth-order valence-corrected chi connectivity index (χ4v) is 2.80. The van der Waals surface area contributed by atoms with Crippen LogP contribution >= 0.6 is 11.3 Å². The lowest BCUT2D eigenvalue weighted by molar-refractivity contribution is 0.173. The van der Waals surface area contributed by atoms with Crippen molar-refractivity contribution in [3.8, 4) is 0 Å². The first-order valence-electron chi connectivity index (χ1n) is 7.14. The van der Waals surface area contributed by atoms with Gasteiger partial charge in [0.2, 0.25) is 0 Å². The van der Waals surface area contributed by atoms with Crippen LogP contribution in [-0.4, -0.2) is 24.2 Å². The molecule has 0 bridgehead atoms. The summed E-state index contributed by atoms with van der Waals surface area (Å²) < 4.78 is 26.5. The second kappa shape index (κ2) is 8.03. The van der Waals surface area contributed by atoms with Crippen molar-refractivity contribution in [2.45, 2.75) is 18.9 Å². The van der Waals surface area contributed by atoms with Crippen LogP contribution in [0.3, 0.4) is 0 Å². The zero-order valence-electron chi connectivity index (χ0n) is 12.6. The predicted octanol–water partition coefficient (Wildman–Crippen LogP) is 3.16. The normalized spacial score (nSPS) is 13.4. The second-order valence-electron chi connectivity index (χ2n) is 5.23. The number of carbonyl (C=O) groups is 1. The number of hydrogen-bond acceptors (Lipinski definition) is 3. The molecule has 2 rings (SSSR count). The van der Waals surface area contributed by atoms with Crippen LogP contribution in [0.25, 0.3) is 0 Å². The average Bonchev–Trinajstić information content (AvgIpc) is 3.04. The molecule has 1 heterocycles. The number of benzene rings is 1. The van der Waals surface area contributed by atoms with Crippen molar-refractivity contribution in [3.63, 3.8) is 0 Å². The van der Waals surface area contributed by atoms with E-state index in [1.54, 1.807) is 13.0 Å². The Hall–Kier alpha value is -1.99. The van der Waals surface area contributed by atoms with Crippen molar-refractivity contribution in [1.82, 2.24) is 10.6 Å². The van der Waals surface area contributed by atoms with E-state index < -0.39 is 23.8 Å². The van der Waals surface area contributed by atoms with Gasteiger partial charge < -0.3 is 15.7 Å². The molecule has 7 heteroatoms. The summed E-state index contributed by atoms with van der Waals surface area (Å²) in [6.07, 6.45) is -0.765. The molecule has 2 amide bonds. The van der Waals surface area contributed by atoms with Crippen LogP contribution in [0.4, 0.5) is 13.6 Å². The Morgan fingerprint density at radius 2 is 2.00 bits per heavy atom. The first-order chi connectivity index (χ1) is 11.0. The van der Waals surface area contributed by atoms with Crippen molar-refractivity contribution in [1.29, 1.82) is 0 Å². The highest BCUT2D eigenvalue weighted by Crippen LogP contribution is 2.19. The van der Waals surface area contributed by atoms with Gasteiger partial charge in [0.05, 0.1) is 6.10 Å². The van der Waals surface area contributed by atoms with Gasteiger partial charge in [0, 0.05) is 25.1 Å². The van der Waals surface area contributed by atoms with E-state index in [1.165, 1.54) is 23.5 Å². The molecule has 1 aromatic heterocycles. The van der Waals surface area contributed by atoms with Crippen LogP contribution in [0.15, 0.2) is 35.0 Å².